The molecule has 1 aromatic carbocycles. The fraction of sp³-hybridized carbons (Fsp3) is 0.500. The molecular weight excluding hydrogens is 234 g/mol. The highest BCUT2D eigenvalue weighted by atomic mass is 19.4. The Kier molecular flexibility index (Phi) is 4.51. The Morgan fingerprint density at radius 2 is 1.82 bits per heavy atom. The van der Waals surface area contributed by atoms with E-state index in [0.29, 0.717) is 12.0 Å². The van der Waals surface area contributed by atoms with Crippen molar-refractivity contribution in [2.24, 2.45) is 0 Å². The van der Waals surface area contributed by atoms with Gasteiger partial charge in [-0.25, -0.2) is 4.39 Å². The van der Waals surface area contributed by atoms with Crippen LogP contribution < -0.4 is 0 Å². The first kappa shape index (κ1) is 14.0. The predicted molar refractivity (Wildman–Crippen MR) is 58.3 cm³/mol. The predicted octanol–water partition coefficient (Wildman–Crippen LogP) is 3.34. The minimum Gasteiger partial charge on any atom is -0.309 e. The molecule has 0 saturated heterocycles. The number of aryl methyl sites for hydroxylation is 1. The van der Waals surface area contributed by atoms with Gasteiger partial charge in [0.25, 0.3) is 0 Å². The standard InChI is InChI=1S/C12H15F4N/c1-17(2)7-3-4-9-5-6-10(11(13)8-9)12(14,15)16/h5-6,8H,3-4,7H2,1-2H3. The zero-order chi connectivity index (χ0) is 13.1. The maximum absolute atomic E-state index is 13.2. The molecule has 1 nitrogen and oxygen atoms in total. The molecule has 0 aromatic heterocycles. The van der Waals surface area contributed by atoms with E-state index in [1.807, 2.05) is 19.0 Å². The lowest BCUT2D eigenvalue weighted by molar-refractivity contribution is -0.140. The number of rotatable bonds is 4. The average molecular weight is 249 g/mol. The van der Waals surface area contributed by atoms with Gasteiger partial charge < -0.3 is 4.90 Å². The highest BCUT2D eigenvalue weighted by Gasteiger charge is 2.33. The van der Waals surface area contributed by atoms with E-state index in [-0.39, 0.29) is 0 Å². The molecule has 0 aliphatic heterocycles. The molecule has 0 heterocycles. The van der Waals surface area contributed by atoms with Crippen molar-refractivity contribution in [2.45, 2.75) is 19.0 Å². The van der Waals surface area contributed by atoms with E-state index in [9.17, 15) is 17.6 Å². The summed E-state index contributed by atoms with van der Waals surface area (Å²) in [5.74, 6) is -1.19. The van der Waals surface area contributed by atoms with Gasteiger partial charge in [-0.2, -0.15) is 13.2 Å². The maximum atomic E-state index is 13.2. The van der Waals surface area contributed by atoms with Crippen LogP contribution in [0.3, 0.4) is 0 Å². The summed E-state index contributed by atoms with van der Waals surface area (Å²) < 4.78 is 50.1. The zero-order valence-electron chi connectivity index (χ0n) is 9.81. The summed E-state index contributed by atoms with van der Waals surface area (Å²) in [6, 6.07) is 3.11. The smallest absolute Gasteiger partial charge is 0.309 e. The van der Waals surface area contributed by atoms with Gasteiger partial charge in [0, 0.05) is 0 Å². The second kappa shape index (κ2) is 5.49. The second-order valence-electron chi connectivity index (χ2n) is 4.22. The number of hydrogen-bond donors (Lipinski definition) is 0. The van der Waals surface area contributed by atoms with Gasteiger partial charge >= 0.3 is 6.18 Å². The summed E-state index contributed by atoms with van der Waals surface area (Å²) in [7, 11) is 3.82. The maximum Gasteiger partial charge on any atom is 0.419 e. The molecule has 17 heavy (non-hydrogen) atoms. The van der Waals surface area contributed by atoms with Crippen molar-refractivity contribution in [3.63, 3.8) is 0 Å². The normalized spacial score (nSPS) is 12.2. The molecule has 0 amide bonds. The van der Waals surface area contributed by atoms with E-state index < -0.39 is 17.6 Å². The molecular formula is C12H15F4N. The SMILES string of the molecule is CN(C)CCCc1ccc(C(F)(F)F)c(F)c1. The summed E-state index contributed by atoms with van der Waals surface area (Å²) in [5.41, 5.74) is -0.605. The van der Waals surface area contributed by atoms with Gasteiger partial charge in [0.1, 0.15) is 5.82 Å². The van der Waals surface area contributed by atoms with E-state index in [4.69, 9.17) is 0 Å². The highest BCUT2D eigenvalue weighted by molar-refractivity contribution is 5.26. The molecule has 5 heteroatoms. The zero-order valence-corrected chi connectivity index (χ0v) is 9.81. The molecule has 0 N–H and O–H groups in total. The van der Waals surface area contributed by atoms with Crippen LogP contribution in [-0.2, 0) is 12.6 Å². The van der Waals surface area contributed by atoms with Crippen LogP contribution in [0.4, 0.5) is 17.6 Å². The van der Waals surface area contributed by atoms with Crippen molar-refractivity contribution in [3.8, 4) is 0 Å². The van der Waals surface area contributed by atoms with Gasteiger partial charge in [-0.1, -0.05) is 6.07 Å². The van der Waals surface area contributed by atoms with Gasteiger partial charge in [0.05, 0.1) is 5.56 Å². The van der Waals surface area contributed by atoms with Crippen molar-refractivity contribution < 1.29 is 17.6 Å². The third-order valence-corrected chi connectivity index (χ3v) is 2.41. The fourth-order valence-electron chi connectivity index (χ4n) is 1.54. The van der Waals surface area contributed by atoms with Crippen LogP contribution in [0.1, 0.15) is 17.5 Å². The summed E-state index contributed by atoms with van der Waals surface area (Å²) in [4.78, 5) is 1.97. The lowest BCUT2D eigenvalue weighted by atomic mass is 10.1. The molecule has 0 radical (unpaired) electrons. The van der Waals surface area contributed by atoms with E-state index in [0.717, 1.165) is 25.1 Å². The van der Waals surface area contributed by atoms with Crippen molar-refractivity contribution in [2.75, 3.05) is 20.6 Å². The second-order valence-corrected chi connectivity index (χ2v) is 4.22. The van der Waals surface area contributed by atoms with Crippen LogP contribution in [-0.4, -0.2) is 25.5 Å². The Morgan fingerprint density at radius 1 is 1.18 bits per heavy atom. The van der Waals surface area contributed by atoms with Gasteiger partial charge in [-0.3, -0.25) is 0 Å². The van der Waals surface area contributed by atoms with Crippen LogP contribution in [0.15, 0.2) is 18.2 Å². The first-order valence-electron chi connectivity index (χ1n) is 5.31. The summed E-state index contributed by atoms with van der Waals surface area (Å²) in [6.07, 6.45) is -3.25. The van der Waals surface area contributed by atoms with Crippen molar-refractivity contribution in [3.05, 3.63) is 35.1 Å². The lowest BCUT2D eigenvalue weighted by Gasteiger charge is -2.11. The lowest BCUT2D eigenvalue weighted by Crippen LogP contribution is -2.13. The van der Waals surface area contributed by atoms with Gasteiger partial charge in [0.15, 0.2) is 0 Å². The summed E-state index contributed by atoms with van der Waals surface area (Å²) in [6.45, 7) is 0.822. The van der Waals surface area contributed by atoms with Crippen molar-refractivity contribution in [1.29, 1.82) is 0 Å². The first-order chi connectivity index (χ1) is 7.80. The molecule has 0 unspecified atom stereocenters. The van der Waals surface area contributed by atoms with Crippen LogP contribution in [0.5, 0.6) is 0 Å². The molecule has 96 valence electrons. The topological polar surface area (TPSA) is 3.24 Å². The third-order valence-electron chi connectivity index (χ3n) is 2.41. The highest BCUT2D eigenvalue weighted by Crippen LogP contribution is 2.31. The number of halogens is 4. The number of alkyl halides is 3. The Bertz CT molecular complexity index is 371. The minimum atomic E-state index is -4.62. The van der Waals surface area contributed by atoms with Crippen LogP contribution in [0.25, 0.3) is 0 Å². The molecule has 0 atom stereocenters. The van der Waals surface area contributed by atoms with Gasteiger partial charge in [0.2, 0.25) is 0 Å². The molecule has 0 spiro atoms. The number of hydrogen-bond acceptors (Lipinski definition) is 1. The molecule has 0 fully saturated rings. The molecule has 0 aliphatic carbocycles. The summed E-state index contributed by atoms with van der Waals surface area (Å²) in [5, 5.41) is 0. The molecule has 0 saturated carbocycles. The Labute approximate surface area is 98.0 Å². The minimum absolute atomic E-state index is 0.577. The number of nitrogens with zero attached hydrogens (tertiary/aromatic N) is 1. The average Bonchev–Trinajstić information content (AvgIpc) is 2.14. The van der Waals surface area contributed by atoms with E-state index in [1.165, 1.54) is 6.07 Å². The van der Waals surface area contributed by atoms with Gasteiger partial charge in [-0.15, -0.1) is 0 Å². The van der Waals surface area contributed by atoms with Crippen molar-refractivity contribution >= 4 is 0 Å². The van der Waals surface area contributed by atoms with Crippen molar-refractivity contribution in [1.82, 2.24) is 4.90 Å². The van der Waals surface area contributed by atoms with Crippen LogP contribution in [0.2, 0.25) is 0 Å². The van der Waals surface area contributed by atoms with Crippen LogP contribution in [0, 0.1) is 5.82 Å². The Balaban J connectivity index is 2.69. The summed E-state index contributed by atoms with van der Waals surface area (Å²) >= 11 is 0. The molecule has 0 bridgehead atoms. The first-order valence-corrected chi connectivity index (χ1v) is 5.31. The van der Waals surface area contributed by atoms with Gasteiger partial charge in [-0.05, 0) is 51.2 Å². The quantitative estimate of drug-likeness (QED) is 0.740. The Hall–Kier alpha value is -1.10. The van der Waals surface area contributed by atoms with E-state index in [1.54, 1.807) is 0 Å². The van der Waals surface area contributed by atoms with E-state index >= 15 is 0 Å². The van der Waals surface area contributed by atoms with E-state index in [2.05, 4.69) is 0 Å². The number of benzene rings is 1. The molecule has 0 aliphatic rings. The fourth-order valence-corrected chi connectivity index (χ4v) is 1.54. The third kappa shape index (κ3) is 4.34. The monoisotopic (exact) mass is 249 g/mol. The van der Waals surface area contributed by atoms with Crippen LogP contribution >= 0.6 is 0 Å². The molecule has 1 aromatic rings. The largest absolute Gasteiger partial charge is 0.419 e. The molecule has 1 rings (SSSR count). The Morgan fingerprint density at radius 3 is 2.29 bits per heavy atom.